The van der Waals surface area contributed by atoms with E-state index >= 15 is 0 Å². The highest BCUT2D eigenvalue weighted by molar-refractivity contribution is 8.00. The highest BCUT2D eigenvalue weighted by Gasteiger charge is 2.40. The molecular formula is C25H20ClN3O3S. The van der Waals surface area contributed by atoms with Crippen molar-refractivity contribution in [1.29, 1.82) is 5.26 Å². The number of pyridine rings is 1. The van der Waals surface area contributed by atoms with Crippen LogP contribution in [0.25, 0.3) is 0 Å². The lowest BCUT2D eigenvalue weighted by Crippen LogP contribution is -2.31. The summed E-state index contributed by atoms with van der Waals surface area (Å²) in [7, 11) is 0. The summed E-state index contributed by atoms with van der Waals surface area (Å²) < 4.78 is 5.77. The molecule has 0 aliphatic carbocycles. The number of thioether (sulfide) groups is 1. The molecule has 0 saturated carbocycles. The number of hydrogen-bond donors (Lipinski definition) is 0. The predicted molar refractivity (Wildman–Crippen MR) is 128 cm³/mol. The maximum atomic E-state index is 13.1. The molecule has 0 N–H and O–H groups in total. The Kier molecular flexibility index (Phi) is 6.68. The minimum atomic E-state index is -0.635. The van der Waals surface area contributed by atoms with Gasteiger partial charge in [-0.05, 0) is 66.6 Å². The van der Waals surface area contributed by atoms with Crippen molar-refractivity contribution in [2.24, 2.45) is 0 Å². The number of benzene rings is 2. The normalized spacial score (nSPS) is 15.7. The van der Waals surface area contributed by atoms with Gasteiger partial charge in [-0.15, -0.1) is 0 Å². The second-order valence-corrected chi connectivity index (χ2v) is 9.41. The second kappa shape index (κ2) is 9.65. The summed E-state index contributed by atoms with van der Waals surface area (Å²) in [6.45, 7) is 4.02. The van der Waals surface area contributed by atoms with E-state index in [2.05, 4.69) is 11.1 Å². The molecule has 1 aliphatic rings. The Morgan fingerprint density at radius 3 is 2.30 bits per heavy atom. The summed E-state index contributed by atoms with van der Waals surface area (Å²) in [4.78, 5) is 31.5. The fraction of sp³-hybridized carbons (Fsp3) is 0.200. The summed E-state index contributed by atoms with van der Waals surface area (Å²) in [6, 6.07) is 19.4. The third-order valence-corrected chi connectivity index (χ3v) is 6.54. The summed E-state index contributed by atoms with van der Waals surface area (Å²) in [6.07, 6.45) is 0.0466. The quantitative estimate of drug-likeness (QED) is 0.408. The molecule has 1 aromatic heterocycles. The lowest BCUT2D eigenvalue weighted by atomic mass is 10.1. The first-order valence-electron chi connectivity index (χ1n) is 10.3. The van der Waals surface area contributed by atoms with Gasteiger partial charge in [-0.2, -0.15) is 5.26 Å². The number of imide groups is 1. The molecule has 0 radical (unpaired) electrons. The first-order valence-corrected chi connectivity index (χ1v) is 11.6. The molecule has 2 amide bonds. The molecule has 0 bridgehead atoms. The number of amides is 2. The lowest BCUT2D eigenvalue weighted by Gasteiger charge is -2.16. The molecule has 8 heteroatoms. The van der Waals surface area contributed by atoms with Crippen molar-refractivity contribution in [3.63, 3.8) is 0 Å². The Morgan fingerprint density at radius 2 is 1.70 bits per heavy atom. The summed E-state index contributed by atoms with van der Waals surface area (Å²) in [5.41, 5.74) is 1.70. The number of hydrogen-bond acceptors (Lipinski definition) is 6. The SMILES string of the molecule is CC(C)c1ccc(C#N)c(S[C@H]2CC(=O)N(c3ccc(Oc4ccc(Cl)cc4)cc3)C2=O)n1. The van der Waals surface area contributed by atoms with Crippen molar-refractivity contribution in [2.45, 2.75) is 36.5 Å². The van der Waals surface area contributed by atoms with Crippen LogP contribution in [0.4, 0.5) is 5.69 Å². The average molecular weight is 478 g/mol. The van der Waals surface area contributed by atoms with Gasteiger partial charge in [-0.1, -0.05) is 37.2 Å². The van der Waals surface area contributed by atoms with Crippen LogP contribution in [0, 0.1) is 11.3 Å². The van der Waals surface area contributed by atoms with Gasteiger partial charge < -0.3 is 4.74 Å². The fourth-order valence-electron chi connectivity index (χ4n) is 3.36. The number of nitrogens with zero attached hydrogens (tertiary/aromatic N) is 3. The number of ether oxygens (including phenoxy) is 1. The molecule has 6 nitrogen and oxygen atoms in total. The van der Waals surface area contributed by atoms with Gasteiger partial charge in [-0.3, -0.25) is 9.59 Å². The number of anilines is 1. The Balaban J connectivity index is 1.50. The van der Waals surface area contributed by atoms with Gasteiger partial charge >= 0.3 is 0 Å². The van der Waals surface area contributed by atoms with E-state index in [1.54, 1.807) is 54.6 Å². The maximum absolute atomic E-state index is 13.1. The number of carbonyl (C=O) groups excluding carboxylic acids is 2. The number of nitriles is 1. The highest BCUT2D eigenvalue weighted by Crippen LogP contribution is 2.36. The number of halogens is 1. The van der Waals surface area contributed by atoms with Crippen LogP contribution in [0.3, 0.4) is 0 Å². The van der Waals surface area contributed by atoms with E-state index in [9.17, 15) is 14.9 Å². The number of aromatic nitrogens is 1. The van der Waals surface area contributed by atoms with Gasteiger partial charge in [0.15, 0.2) is 0 Å². The Morgan fingerprint density at radius 1 is 1.06 bits per heavy atom. The van der Waals surface area contributed by atoms with Gasteiger partial charge in [0.05, 0.1) is 16.5 Å². The van der Waals surface area contributed by atoms with E-state index in [1.807, 2.05) is 19.9 Å². The van der Waals surface area contributed by atoms with Crippen molar-refractivity contribution in [3.05, 3.63) is 76.9 Å². The second-order valence-electron chi connectivity index (χ2n) is 7.78. The van der Waals surface area contributed by atoms with Gasteiger partial charge in [0.25, 0.3) is 0 Å². The van der Waals surface area contributed by atoms with Crippen LogP contribution in [0.15, 0.2) is 65.7 Å². The topological polar surface area (TPSA) is 83.3 Å². The molecule has 1 aliphatic heterocycles. The van der Waals surface area contributed by atoms with E-state index in [1.165, 1.54) is 16.7 Å². The fourth-order valence-corrected chi connectivity index (χ4v) is 4.58. The Hall–Kier alpha value is -3.34. The molecule has 3 aromatic rings. The van der Waals surface area contributed by atoms with Gasteiger partial charge in [0.1, 0.15) is 22.6 Å². The maximum Gasteiger partial charge on any atom is 0.247 e. The summed E-state index contributed by atoms with van der Waals surface area (Å²) in [5, 5.41) is 9.89. The zero-order valence-corrected chi connectivity index (χ0v) is 19.6. The monoisotopic (exact) mass is 477 g/mol. The lowest BCUT2D eigenvalue weighted by molar-refractivity contribution is -0.121. The van der Waals surface area contributed by atoms with Crippen LogP contribution in [0.2, 0.25) is 5.02 Å². The standard InChI is InChI=1S/C25H20ClN3O3S/c1-15(2)21-12-3-16(14-27)24(28-21)33-22-13-23(30)29(25(22)31)18-6-10-20(11-7-18)32-19-8-4-17(26)5-9-19/h3-12,15,22H,13H2,1-2H3/t22-/m0/s1. The molecule has 1 saturated heterocycles. The van der Waals surface area contributed by atoms with Crippen molar-refractivity contribution in [2.75, 3.05) is 4.90 Å². The van der Waals surface area contributed by atoms with E-state index in [-0.39, 0.29) is 24.2 Å². The van der Waals surface area contributed by atoms with E-state index in [0.717, 1.165) is 5.69 Å². The smallest absolute Gasteiger partial charge is 0.247 e. The Labute approximate surface area is 201 Å². The van der Waals surface area contributed by atoms with Crippen molar-refractivity contribution in [3.8, 4) is 17.6 Å². The third-order valence-electron chi connectivity index (χ3n) is 5.10. The first kappa shape index (κ1) is 22.8. The molecule has 4 rings (SSSR count). The van der Waals surface area contributed by atoms with Crippen LogP contribution < -0.4 is 9.64 Å². The first-order chi connectivity index (χ1) is 15.9. The van der Waals surface area contributed by atoms with Crippen LogP contribution in [0.5, 0.6) is 11.5 Å². The van der Waals surface area contributed by atoms with Crippen LogP contribution in [0.1, 0.15) is 37.4 Å². The van der Waals surface area contributed by atoms with E-state index < -0.39 is 5.25 Å². The molecule has 0 unspecified atom stereocenters. The minimum absolute atomic E-state index is 0.0466. The van der Waals surface area contributed by atoms with Crippen molar-refractivity contribution < 1.29 is 14.3 Å². The number of carbonyl (C=O) groups is 2. The molecular weight excluding hydrogens is 458 g/mol. The van der Waals surface area contributed by atoms with Crippen LogP contribution in [-0.2, 0) is 9.59 Å². The molecule has 2 aromatic carbocycles. The molecule has 166 valence electrons. The summed E-state index contributed by atoms with van der Waals surface area (Å²) in [5.74, 6) is 0.767. The minimum Gasteiger partial charge on any atom is -0.457 e. The van der Waals surface area contributed by atoms with Crippen LogP contribution in [-0.4, -0.2) is 22.0 Å². The van der Waals surface area contributed by atoms with Gasteiger partial charge in [0, 0.05) is 17.1 Å². The number of rotatable bonds is 6. The molecule has 1 fully saturated rings. The molecule has 33 heavy (non-hydrogen) atoms. The summed E-state index contributed by atoms with van der Waals surface area (Å²) >= 11 is 7.06. The Bertz CT molecular complexity index is 1240. The third kappa shape index (κ3) is 5.03. The van der Waals surface area contributed by atoms with E-state index in [0.29, 0.717) is 32.8 Å². The predicted octanol–water partition coefficient (Wildman–Crippen LogP) is 5.95. The zero-order chi connectivity index (χ0) is 23.5. The molecule has 0 spiro atoms. The zero-order valence-electron chi connectivity index (χ0n) is 18.0. The molecule has 2 heterocycles. The largest absolute Gasteiger partial charge is 0.457 e. The van der Waals surface area contributed by atoms with Crippen molar-refractivity contribution in [1.82, 2.24) is 4.98 Å². The van der Waals surface area contributed by atoms with Crippen molar-refractivity contribution >= 4 is 40.9 Å². The van der Waals surface area contributed by atoms with Crippen LogP contribution >= 0.6 is 23.4 Å². The van der Waals surface area contributed by atoms with Gasteiger partial charge in [-0.25, -0.2) is 9.88 Å². The highest BCUT2D eigenvalue weighted by atomic mass is 35.5. The average Bonchev–Trinajstić information content (AvgIpc) is 3.08. The molecule has 1 atom stereocenters. The van der Waals surface area contributed by atoms with Gasteiger partial charge in [0.2, 0.25) is 11.8 Å². The van der Waals surface area contributed by atoms with E-state index in [4.69, 9.17) is 16.3 Å².